The normalized spacial score (nSPS) is 10.7. The minimum Gasteiger partial charge on any atom is -0.504 e. The van der Waals surface area contributed by atoms with Crippen LogP contribution in [0.4, 0.5) is 0 Å². The van der Waals surface area contributed by atoms with Gasteiger partial charge in [0.25, 0.3) is 0 Å². The number of unbranched alkanes of at least 4 members (excludes halogenated alkanes) is 1. The highest BCUT2D eigenvalue weighted by Crippen LogP contribution is 2.33. The van der Waals surface area contributed by atoms with E-state index in [2.05, 4.69) is 0 Å². The zero-order chi connectivity index (χ0) is 16.8. The molecule has 2 aromatic rings. The highest BCUT2D eigenvalue weighted by Gasteiger charge is 2.16. The van der Waals surface area contributed by atoms with Crippen molar-refractivity contribution in [3.8, 4) is 17.2 Å². The Morgan fingerprint density at radius 3 is 2.74 bits per heavy atom. The molecule has 0 fully saturated rings. The first-order valence-electron chi connectivity index (χ1n) is 7.30. The molecule has 0 radical (unpaired) electrons. The zero-order valence-corrected chi connectivity index (χ0v) is 12.7. The summed E-state index contributed by atoms with van der Waals surface area (Å²) in [6, 6.07) is 4.48. The van der Waals surface area contributed by atoms with E-state index < -0.39 is 11.6 Å². The smallest absolute Gasteiger partial charge is 0.383 e. The van der Waals surface area contributed by atoms with Crippen LogP contribution in [0, 0.1) is 0 Å². The van der Waals surface area contributed by atoms with Crippen LogP contribution in [0.3, 0.4) is 0 Å². The molecular weight excluding hydrogens is 304 g/mol. The minimum absolute atomic E-state index is 0.00175. The Labute approximate surface area is 132 Å². The van der Waals surface area contributed by atoms with Gasteiger partial charge in [-0.1, -0.05) is 13.3 Å². The SMILES string of the molecule is CCCCOc1c(O)c2cc(OCCC(=O)O)ccc2oc1=O. The lowest BCUT2D eigenvalue weighted by molar-refractivity contribution is -0.137. The number of fused-ring (bicyclic) bond motifs is 1. The summed E-state index contributed by atoms with van der Waals surface area (Å²) >= 11 is 0. The number of hydrogen-bond donors (Lipinski definition) is 2. The molecule has 2 N–H and O–H groups in total. The number of aliphatic carboxylic acids is 1. The molecule has 0 aliphatic carbocycles. The van der Waals surface area contributed by atoms with Gasteiger partial charge in [-0.25, -0.2) is 4.79 Å². The van der Waals surface area contributed by atoms with Crippen LogP contribution in [0.1, 0.15) is 26.2 Å². The molecule has 7 heteroatoms. The lowest BCUT2D eigenvalue weighted by atomic mass is 10.2. The summed E-state index contributed by atoms with van der Waals surface area (Å²) in [5.41, 5.74) is -0.549. The number of hydrogen-bond acceptors (Lipinski definition) is 6. The van der Waals surface area contributed by atoms with E-state index in [-0.39, 0.29) is 35.5 Å². The summed E-state index contributed by atoms with van der Waals surface area (Å²) in [7, 11) is 0. The van der Waals surface area contributed by atoms with E-state index in [4.69, 9.17) is 19.0 Å². The second-order valence-corrected chi connectivity index (χ2v) is 4.92. The molecule has 0 saturated carbocycles. The Kier molecular flexibility index (Phi) is 5.46. The average molecular weight is 322 g/mol. The Hall–Kier alpha value is -2.70. The molecule has 1 aromatic carbocycles. The largest absolute Gasteiger partial charge is 0.504 e. The molecule has 124 valence electrons. The van der Waals surface area contributed by atoms with Crippen LogP contribution in [0.25, 0.3) is 11.0 Å². The summed E-state index contributed by atoms with van der Waals surface area (Å²) in [4.78, 5) is 22.3. The second kappa shape index (κ2) is 7.53. The van der Waals surface area contributed by atoms with E-state index in [0.29, 0.717) is 12.4 Å². The van der Waals surface area contributed by atoms with Crippen LogP contribution in [0.15, 0.2) is 27.4 Å². The number of aromatic hydroxyl groups is 1. The van der Waals surface area contributed by atoms with Crippen LogP contribution < -0.4 is 15.1 Å². The maximum Gasteiger partial charge on any atom is 0.383 e. The lowest BCUT2D eigenvalue weighted by Crippen LogP contribution is -2.08. The van der Waals surface area contributed by atoms with Gasteiger partial charge in [-0.05, 0) is 24.6 Å². The molecule has 0 amide bonds. The van der Waals surface area contributed by atoms with Gasteiger partial charge in [-0.2, -0.15) is 0 Å². The van der Waals surface area contributed by atoms with E-state index in [0.717, 1.165) is 12.8 Å². The van der Waals surface area contributed by atoms with E-state index in [1.54, 1.807) is 0 Å². The van der Waals surface area contributed by atoms with Crippen LogP contribution in [-0.2, 0) is 4.79 Å². The number of carboxylic acids is 1. The third kappa shape index (κ3) is 4.15. The predicted molar refractivity (Wildman–Crippen MR) is 82.3 cm³/mol. The number of carboxylic acid groups (broad SMARTS) is 1. The first-order valence-corrected chi connectivity index (χ1v) is 7.30. The molecule has 0 saturated heterocycles. The zero-order valence-electron chi connectivity index (χ0n) is 12.7. The van der Waals surface area contributed by atoms with Crippen LogP contribution in [-0.4, -0.2) is 29.4 Å². The van der Waals surface area contributed by atoms with Crippen molar-refractivity contribution in [2.24, 2.45) is 0 Å². The lowest BCUT2D eigenvalue weighted by Gasteiger charge is -2.09. The first kappa shape index (κ1) is 16.7. The minimum atomic E-state index is -0.966. The van der Waals surface area contributed by atoms with Crippen molar-refractivity contribution in [2.45, 2.75) is 26.2 Å². The summed E-state index contributed by atoms with van der Waals surface area (Å²) < 4.78 is 15.7. The molecule has 23 heavy (non-hydrogen) atoms. The van der Waals surface area contributed by atoms with E-state index in [1.807, 2.05) is 6.92 Å². The third-order valence-electron chi connectivity index (χ3n) is 3.14. The fourth-order valence-electron chi connectivity index (χ4n) is 1.94. The van der Waals surface area contributed by atoms with Gasteiger partial charge >= 0.3 is 11.6 Å². The molecule has 1 aromatic heterocycles. The highest BCUT2D eigenvalue weighted by molar-refractivity contribution is 5.86. The molecule has 0 spiro atoms. The average Bonchev–Trinajstić information content (AvgIpc) is 2.51. The summed E-state index contributed by atoms with van der Waals surface area (Å²) in [6.07, 6.45) is 1.50. The monoisotopic (exact) mass is 322 g/mol. The Bertz CT molecular complexity index is 748. The van der Waals surface area contributed by atoms with Gasteiger partial charge in [0.05, 0.1) is 25.0 Å². The van der Waals surface area contributed by atoms with Gasteiger partial charge in [0.2, 0.25) is 5.75 Å². The van der Waals surface area contributed by atoms with Crippen molar-refractivity contribution in [1.29, 1.82) is 0 Å². The number of carbonyl (C=O) groups is 1. The van der Waals surface area contributed by atoms with Gasteiger partial charge in [0.15, 0.2) is 5.75 Å². The quantitative estimate of drug-likeness (QED) is 0.568. The fraction of sp³-hybridized carbons (Fsp3) is 0.375. The maximum atomic E-state index is 11.8. The van der Waals surface area contributed by atoms with E-state index in [9.17, 15) is 14.7 Å². The number of ether oxygens (including phenoxy) is 2. The molecule has 7 nitrogen and oxygen atoms in total. The van der Waals surface area contributed by atoms with Gasteiger partial charge < -0.3 is 24.1 Å². The van der Waals surface area contributed by atoms with E-state index in [1.165, 1.54) is 18.2 Å². The summed E-state index contributed by atoms with van der Waals surface area (Å²) in [5, 5.41) is 19.1. The molecule has 0 aliphatic heterocycles. The van der Waals surface area contributed by atoms with Crippen molar-refractivity contribution in [1.82, 2.24) is 0 Å². The van der Waals surface area contributed by atoms with Crippen molar-refractivity contribution in [3.05, 3.63) is 28.6 Å². The van der Waals surface area contributed by atoms with Gasteiger partial charge in [-0.15, -0.1) is 0 Å². The summed E-state index contributed by atoms with van der Waals surface area (Å²) in [6.45, 7) is 2.28. The summed E-state index contributed by atoms with van der Waals surface area (Å²) in [5.74, 6) is -1.14. The van der Waals surface area contributed by atoms with Crippen LogP contribution >= 0.6 is 0 Å². The molecule has 2 rings (SSSR count). The molecular formula is C16H18O7. The number of benzene rings is 1. The topological polar surface area (TPSA) is 106 Å². The Morgan fingerprint density at radius 2 is 2.04 bits per heavy atom. The second-order valence-electron chi connectivity index (χ2n) is 4.92. The molecule has 0 unspecified atom stereocenters. The first-order chi connectivity index (χ1) is 11.0. The third-order valence-corrected chi connectivity index (χ3v) is 3.14. The van der Waals surface area contributed by atoms with Crippen LogP contribution in [0.5, 0.6) is 17.2 Å². The van der Waals surface area contributed by atoms with Crippen LogP contribution in [0.2, 0.25) is 0 Å². The predicted octanol–water partition coefficient (Wildman–Crippen LogP) is 2.53. The molecule has 0 aliphatic rings. The molecule has 0 atom stereocenters. The molecule has 1 heterocycles. The van der Waals surface area contributed by atoms with Gasteiger partial charge in [-0.3, -0.25) is 4.79 Å². The Balaban J connectivity index is 2.28. The fourth-order valence-corrected chi connectivity index (χ4v) is 1.94. The van der Waals surface area contributed by atoms with Gasteiger partial charge in [0.1, 0.15) is 11.3 Å². The highest BCUT2D eigenvalue weighted by atomic mass is 16.5. The van der Waals surface area contributed by atoms with Crippen molar-refractivity contribution in [2.75, 3.05) is 13.2 Å². The maximum absolute atomic E-state index is 11.8. The van der Waals surface area contributed by atoms with Crippen molar-refractivity contribution < 1.29 is 28.9 Å². The molecule has 0 bridgehead atoms. The number of rotatable bonds is 8. The Morgan fingerprint density at radius 1 is 1.26 bits per heavy atom. The van der Waals surface area contributed by atoms with E-state index >= 15 is 0 Å². The van der Waals surface area contributed by atoms with Crippen molar-refractivity contribution in [3.63, 3.8) is 0 Å². The van der Waals surface area contributed by atoms with Crippen molar-refractivity contribution >= 4 is 16.9 Å². The van der Waals surface area contributed by atoms with Gasteiger partial charge in [0, 0.05) is 0 Å². The standard InChI is InChI=1S/C16H18O7/c1-2-3-7-22-15-14(19)11-9-10(21-8-6-13(17)18)4-5-12(11)23-16(15)20/h4-5,9,19H,2-3,6-8H2,1H3,(H,17,18).